The first kappa shape index (κ1) is 16.7. The molecular formula is C16H17NO6S. The molecule has 0 amide bonds. The Morgan fingerprint density at radius 2 is 2.04 bits per heavy atom. The molecule has 1 aromatic heterocycles. The first-order chi connectivity index (χ1) is 11.3. The molecular weight excluding hydrogens is 334 g/mol. The molecule has 7 nitrogen and oxygen atoms in total. The van der Waals surface area contributed by atoms with Crippen molar-refractivity contribution in [1.82, 2.24) is 4.31 Å². The number of carboxylic acids is 1. The van der Waals surface area contributed by atoms with Gasteiger partial charge in [-0.2, -0.15) is 4.31 Å². The lowest BCUT2D eigenvalue weighted by molar-refractivity contribution is -0.144. The summed E-state index contributed by atoms with van der Waals surface area (Å²) in [5, 5.41) is 9.76. The second kappa shape index (κ2) is 6.03. The van der Waals surface area contributed by atoms with Crippen molar-refractivity contribution in [3.63, 3.8) is 0 Å². The number of fused-ring (bicyclic) bond motifs is 1. The lowest BCUT2D eigenvalue weighted by Crippen LogP contribution is -2.48. The van der Waals surface area contributed by atoms with Gasteiger partial charge in [0, 0.05) is 24.0 Å². The van der Waals surface area contributed by atoms with Gasteiger partial charge < -0.3 is 9.52 Å². The van der Waals surface area contributed by atoms with E-state index in [2.05, 4.69) is 0 Å². The fraction of sp³-hybridized carbons (Fsp3) is 0.375. The maximum atomic E-state index is 12.9. The van der Waals surface area contributed by atoms with Gasteiger partial charge in [0.2, 0.25) is 10.0 Å². The summed E-state index contributed by atoms with van der Waals surface area (Å²) >= 11 is 0. The second-order valence-electron chi connectivity index (χ2n) is 5.90. The molecule has 1 N–H and O–H groups in total. The van der Waals surface area contributed by atoms with E-state index in [9.17, 15) is 23.1 Å². The Labute approximate surface area is 138 Å². The molecule has 1 aromatic carbocycles. The number of sulfonamides is 1. The van der Waals surface area contributed by atoms with E-state index in [0.717, 1.165) is 0 Å². The minimum atomic E-state index is -3.83. The van der Waals surface area contributed by atoms with Gasteiger partial charge >= 0.3 is 11.6 Å². The van der Waals surface area contributed by atoms with Crippen LogP contribution in [0.4, 0.5) is 0 Å². The van der Waals surface area contributed by atoms with Crippen LogP contribution in [0.15, 0.2) is 44.4 Å². The van der Waals surface area contributed by atoms with Crippen LogP contribution in [0.1, 0.15) is 19.8 Å². The summed E-state index contributed by atoms with van der Waals surface area (Å²) in [6.45, 7) is 1.91. The SMILES string of the molecule is C[C@@H]1[C@H](C(=O)O)CCCN1S(=O)(=O)c1ccc2oc(=O)ccc2c1. The smallest absolute Gasteiger partial charge is 0.336 e. The van der Waals surface area contributed by atoms with Gasteiger partial charge in [-0.3, -0.25) is 4.79 Å². The molecule has 1 aliphatic rings. The van der Waals surface area contributed by atoms with E-state index in [4.69, 9.17) is 4.42 Å². The van der Waals surface area contributed by atoms with Crippen molar-refractivity contribution in [2.24, 2.45) is 5.92 Å². The normalized spacial score (nSPS) is 22.5. The Morgan fingerprint density at radius 1 is 1.29 bits per heavy atom. The van der Waals surface area contributed by atoms with E-state index in [-0.39, 0.29) is 11.4 Å². The van der Waals surface area contributed by atoms with E-state index < -0.39 is 33.6 Å². The van der Waals surface area contributed by atoms with Crippen molar-refractivity contribution in [3.8, 4) is 0 Å². The Hall–Kier alpha value is -2.19. The average Bonchev–Trinajstić information content (AvgIpc) is 2.54. The first-order valence-corrected chi connectivity index (χ1v) is 9.03. The second-order valence-corrected chi connectivity index (χ2v) is 7.79. The topological polar surface area (TPSA) is 105 Å². The highest BCUT2D eigenvalue weighted by Gasteiger charge is 2.39. The third-order valence-electron chi connectivity index (χ3n) is 4.44. The van der Waals surface area contributed by atoms with Crippen LogP contribution in [-0.4, -0.2) is 36.4 Å². The molecule has 3 rings (SSSR count). The number of benzene rings is 1. The van der Waals surface area contributed by atoms with Crippen LogP contribution in [0.25, 0.3) is 11.0 Å². The maximum absolute atomic E-state index is 12.9. The molecule has 0 bridgehead atoms. The molecule has 2 atom stereocenters. The fourth-order valence-corrected chi connectivity index (χ4v) is 4.87. The molecule has 0 saturated carbocycles. The van der Waals surface area contributed by atoms with Gasteiger partial charge in [-0.05, 0) is 44.0 Å². The van der Waals surface area contributed by atoms with Crippen LogP contribution in [0.2, 0.25) is 0 Å². The van der Waals surface area contributed by atoms with Crippen molar-refractivity contribution in [2.75, 3.05) is 6.54 Å². The molecule has 0 radical (unpaired) electrons. The molecule has 24 heavy (non-hydrogen) atoms. The van der Waals surface area contributed by atoms with E-state index in [1.54, 1.807) is 6.92 Å². The Balaban J connectivity index is 2.02. The third-order valence-corrected chi connectivity index (χ3v) is 6.43. The van der Waals surface area contributed by atoms with Crippen LogP contribution in [0.3, 0.4) is 0 Å². The summed E-state index contributed by atoms with van der Waals surface area (Å²) in [6.07, 6.45) is 0.967. The van der Waals surface area contributed by atoms with Gasteiger partial charge in [0.05, 0.1) is 10.8 Å². The highest BCUT2D eigenvalue weighted by atomic mass is 32.2. The standard InChI is InChI=1S/C16H17NO6S/c1-10-13(16(19)20)3-2-8-17(10)24(21,22)12-5-6-14-11(9-12)4-7-15(18)23-14/h4-7,9-10,13H,2-3,8H2,1H3,(H,19,20)/t10-,13-/m1/s1. The molecule has 1 saturated heterocycles. The number of nitrogens with zero attached hydrogens (tertiary/aromatic N) is 1. The van der Waals surface area contributed by atoms with Crippen LogP contribution in [0.5, 0.6) is 0 Å². The highest BCUT2D eigenvalue weighted by molar-refractivity contribution is 7.89. The first-order valence-electron chi connectivity index (χ1n) is 7.59. The monoisotopic (exact) mass is 351 g/mol. The minimum Gasteiger partial charge on any atom is -0.481 e. The van der Waals surface area contributed by atoms with Gasteiger partial charge in [-0.15, -0.1) is 0 Å². The van der Waals surface area contributed by atoms with Crippen LogP contribution in [-0.2, 0) is 14.8 Å². The summed E-state index contributed by atoms with van der Waals surface area (Å²) in [4.78, 5) is 22.6. The van der Waals surface area contributed by atoms with E-state index in [0.29, 0.717) is 23.8 Å². The number of aliphatic carboxylic acids is 1. The number of piperidine rings is 1. The van der Waals surface area contributed by atoms with Gasteiger partial charge in [-0.25, -0.2) is 13.2 Å². The number of rotatable bonds is 3. The fourth-order valence-electron chi connectivity index (χ4n) is 3.13. The Bertz CT molecular complexity index is 948. The highest BCUT2D eigenvalue weighted by Crippen LogP contribution is 2.30. The molecule has 0 unspecified atom stereocenters. The molecule has 1 aliphatic heterocycles. The summed E-state index contributed by atoms with van der Waals surface area (Å²) in [5.41, 5.74) is -0.205. The summed E-state index contributed by atoms with van der Waals surface area (Å²) in [7, 11) is -3.83. The van der Waals surface area contributed by atoms with Gasteiger partial charge in [0.25, 0.3) is 0 Å². The molecule has 1 fully saturated rings. The third kappa shape index (κ3) is 2.83. The number of hydrogen-bond acceptors (Lipinski definition) is 5. The van der Waals surface area contributed by atoms with Crippen molar-refractivity contribution in [2.45, 2.75) is 30.7 Å². The van der Waals surface area contributed by atoms with Crippen molar-refractivity contribution < 1.29 is 22.7 Å². The van der Waals surface area contributed by atoms with Crippen LogP contribution in [0, 0.1) is 5.92 Å². The van der Waals surface area contributed by atoms with E-state index in [1.165, 1.54) is 34.6 Å². The summed E-state index contributed by atoms with van der Waals surface area (Å²) in [6, 6.07) is 6.35. The minimum absolute atomic E-state index is 0.0572. The Kier molecular flexibility index (Phi) is 4.18. The Morgan fingerprint density at radius 3 is 2.75 bits per heavy atom. The van der Waals surface area contributed by atoms with Crippen molar-refractivity contribution in [1.29, 1.82) is 0 Å². The molecule has 0 spiro atoms. The number of hydrogen-bond donors (Lipinski definition) is 1. The zero-order valence-electron chi connectivity index (χ0n) is 13.0. The van der Waals surface area contributed by atoms with Crippen LogP contribution < -0.4 is 5.63 Å². The average molecular weight is 351 g/mol. The molecule has 2 aromatic rings. The largest absolute Gasteiger partial charge is 0.481 e. The van der Waals surface area contributed by atoms with Gasteiger partial charge in [0.15, 0.2) is 0 Å². The predicted molar refractivity (Wildman–Crippen MR) is 86.2 cm³/mol. The summed E-state index contributed by atoms with van der Waals surface area (Å²) < 4.78 is 32.1. The molecule has 8 heteroatoms. The van der Waals surface area contributed by atoms with Gasteiger partial charge in [0.1, 0.15) is 5.58 Å². The maximum Gasteiger partial charge on any atom is 0.336 e. The lowest BCUT2D eigenvalue weighted by Gasteiger charge is -2.36. The summed E-state index contributed by atoms with van der Waals surface area (Å²) in [5.74, 6) is -1.70. The van der Waals surface area contributed by atoms with Crippen LogP contribution >= 0.6 is 0 Å². The quantitative estimate of drug-likeness (QED) is 0.843. The van der Waals surface area contributed by atoms with Crippen molar-refractivity contribution in [3.05, 3.63) is 40.8 Å². The number of carbonyl (C=O) groups is 1. The van der Waals surface area contributed by atoms with Gasteiger partial charge in [-0.1, -0.05) is 0 Å². The molecule has 128 valence electrons. The molecule has 2 heterocycles. The number of carboxylic acid groups (broad SMARTS) is 1. The van der Waals surface area contributed by atoms with E-state index in [1.807, 2.05) is 0 Å². The van der Waals surface area contributed by atoms with Crippen molar-refractivity contribution >= 4 is 27.0 Å². The zero-order chi connectivity index (χ0) is 17.5. The zero-order valence-corrected chi connectivity index (χ0v) is 13.8. The lowest BCUT2D eigenvalue weighted by atomic mass is 9.92. The molecule has 0 aliphatic carbocycles. The predicted octanol–water partition coefficient (Wildman–Crippen LogP) is 1.67. The van der Waals surface area contributed by atoms with E-state index >= 15 is 0 Å².